The number of urea groups is 1. The molecule has 1 heterocycles. The standard InChI is InChI=1S/C6H7N2O2/c1-2-8-4-3-5(9)7-6(8)10/h3-4H,2H2,1H3. The second kappa shape index (κ2) is 2.51. The van der Waals surface area contributed by atoms with Gasteiger partial charge in [0.25, 0.3) is 5.91 Å². The highest BCUT2D eigenvalue weighted by Crippen LogP contribution is 1.97. The summed E-state index contributed by atoms with van der Waals surface area (Å²) in [5.41, 5.74) is 0. The van der Waals surface area contributed by atoms with Crippen LogP contribution in [0.4, 0.5) is 4.79 Å². The number of nitrogens with zero attached hydrogens (tertiary/aromatic N) is 2. The van der Waals surface area contributed by atoms with Crippen LogP contribution in [-0.2, 0) is 4.79 Å². The number of hydrogen-bond acceptors (Lipinski definition) is 2. The van der Waals surface area contributed by atoms with E-state index in [4.69, 9.17) is 0 Å². The topological polar surface area (TPSA) is 51.5 Å². The highest BCUT2D eigenvalue weighted by atomic mass is 16.2. The summed E-state index contributed by atoms with van der Waals surface area (Å²) in [6, 6.07) is -0.477. The molecule has 4 nitrogen and oxygen atoms in total. The lowest BCUT2D eigenvalue weighted by atomic mass is 10.4. The van der Waals surface area contributed by atoms with E-state index < -0.39 is 11.9 Å². The van der Waals surface area contributed by atoms with Gasteiger partial charge in [-0.1, -0.05) is 0 Å². The van der Waals surface area contributed by atoms with Crippen molar-refractivity contribution < 1.29 is 9.59 Å². The Kier molecular flexibility index (Phi) is 1.71. The molecule has 0 aromatic carbocycles. The number of carbonyl (C=O) groups is 2. The predicted molar refractivity (Wildman–Crippen MR) is 34.1 cm³/mol. The minimum Gasteiger partial charge on any atom is -0.299 e. The van der Waals surface area contributed by atoms with E-state index in [2.05, 4.69) is 5.32 Å². The van der Waals surface area contributed by atoms with Crippen molar-refractivity contribution >= 4 is 11.9 Å². The Morgan fingerprint density at radius 2 is 2.30 bits per heavy atom. The van der Waals surface area contributed by atoms with Crippen molar-refractivity contribution in [2.45, 2.75) is 6.92 Å². The van der Waals surface area contributed by atoms with Crippen LogP contribution in [0.3, 0.4) is 0 Å². The van der Waals surface area contributed by atoms with E-state index in [0.29, 0.717) is 6.54 Å². The third-order valence-corrected chi connectivity index (χ3v) is 1.19. The van der Waals surface area contributed by atoms with Crippen LogP contribution in [0.2, 0.25) is 0 Å². The van der Waals surface area contributed by atoms with E-state index in [1.54, 1.807) is 0 Å². The van der Waals surface area contributed by atoms with Gasteiger partial charge in [-0.25, -0.2) is 4.79 Å². The van der Waals surface area contributed by atoms with E-state index in [-0.39, 0.29) is 0 Å². The average Bonchev–Trinajstić information content (AvgIpc) is 1.88. The van der Waals surface area contributed by atoms with Crippen LogP contribution in [0.15, 0.2) is 12.3 Å². The van der Waals surface area contributed by atoms with Crippen molar-refractivity contribution in [1.82, 2.24) is 10.2 Å². The summed E-state index contributed by atoms with van der Waals surface area (Å²) in [7, 11) is 0. The molecule has 1 aliphatic heterocycles. The number of rotatable bonds is 1. The van der Waals surface area contributed by atoms with Crippen molar-refractivity contribution in [3.05, 3.63) is 12.3 Å². The minimum atomic E-state index is -0.477. The summed E-state index contributed by atoms with van der Waals surface area (Å²) in [4.78, 5) is 22.5. The third kappa shape index (κ3) is 1.15. The molecule has 1 rings (SSSR count). The van der Waals surface area contributed by atoms with E-state index in [1.807, 2.05) is 6.92 Å². The second-order valence-corrected chi connectivity index (χ2v) is 1.83. The Labute approximate surface area is 58.5 Å². The number of imide groups is 1. The first kappa shape index (κ1) is 6.80. The van der Waals surface area contributed by atoms with Crippen LogP contribution < -0.4 is 5.32 Å². The quantitative estimate of drug-likeness (QED) is 0.516. The van der Waals surface area contributed by atoms with Crippen LogP contribution in [0.5, 0.6) is 0 Å². The lowest BCUT2D eigenvalue weighted by Gasteiger charge is -2.16. The molecule has 0 spiro atoms. The van der Waals surface area contributed by atoms with Gasteiger partial charge in [-0.05, 0) is 6.92 Å². The summed E-state index contributed by atoms with van der Waals surface area (Å²) in [5, 5.41) is 3.20. The summed E-state index contributed by atoms with van der Waals surface area (Å²) < 4.78 is 0. The zero-order valence-corrected chi connectivity index (χ0v) is 5.57. The van der Waals surface area contributed by atoms with Gasteiger partial charge < -0.3 is 0 Å². The molecule has 1 aliphatic rings. The van der Waals surface area contributed by atoms with Crippen LogP contribution in [0, 0.1) is 0 Å². The zero-order valence-electron chi connectivity index (χ0n) is 5.57. The Bertz CT molecular complexity index is 198. The van der Waals surface area contributed by atoms with E-state index in [1.165, 1.54) is 17.2 Å². The third-order valence-electron chi connectivity index (χ3n) is 1.19. The first-order chi connectivity index (χ1) is 4.74. The van der Waals surface area contributed by atoms with Crippen molar-refractivity contribution in [2.24, 2.45) is 0 Å². The largest absolute Gasteiger partial charge is 0.350 e. The van der Waals surface area contributed by atoms with Crippen molar-refractivity contribution in [3.63, 3.8) is 0 Å². The summed E-state index contributed by atoms with van der Waals surface area (Å²) in [6.07, 6.45) is 2.71. The first-order valence-electron chi connectivity index (χ1n) is 2.98. The van der Waals surface area contributed by atoms with Gasteiger partial charge in [0.15, 0.2) is 0 Å². The molecule has 3 amide bonds. The molecule has 4 heteroatoms. The molecular formula is C6H7N2O2. The predicted octanol–water partition coefficient (Wildman–Crippen LogP) is 0.0866. The molecule has 0 saturated carbocycles. The van der Waals surface area contributed by atoms with Gasteiger partial charge in [-0.2, -0.15) is 5.32 Å². The Balaban J connectivity index is 2.71. The Hall–Kier alpha value is -1.32. The lowest BCUT2D eigenvalue weighted by molar-refractivity contribution is -0.116. The highest BCUT2D eigenvalue weighted by molar-refractivity contribution is 6.02. The zero-order chi connectivity index (χ0) is 7.56. The fourth-order valence-corrected chi connectivity index (χ4v) is 0.654. The maximum Gasteiger partial charge on any atom is 0.350 e. The van der Waals surface area contributed by atoms with Crippen LogP contribution in [0.1, 0.15) is 6.92 Å². The smallest absolute Gasteiger partial charge is 0.299 e. The molecule has 0 fully saturated rings. The fourth-order valence-electron chi connectivity index (χ4n) is 0.654. The highest BCUT2D eigenvalue weighted by Gasteiger charge is 2.17. The Morgan fingerprint density at radius 3 is 2.80 bits per heavy atom. The molecule has 0 unspecified atom stereocenters. The first-order valence-corrected chi connectivity index (χ1v) is 2.98. The van der Waals surface area contributed by atoms with Crippen LogP contribution in [0.25, 0.3) is 0 Å². The monoisotopic (exact) mass is 139 g/mol. The summed E-state index contributed by atoms with van der Waals surface area (Å²) >= 11 is 0. The van der Waals surface area contributed by atoms with Gasteiger partial charge in [0, 0.05) is 18.8 Å². The molecule has 53 valence electrons. The van der Waals surface area contributed by atoms with Gasteiger partial charge in [0.2, 0.25) is 0 Å². The normalized spacial score (nSPS) is 17.5. The van der Waals surface area contributed by atoms with Crippen LogP contribution >= 0.6 is 0 Å². The Morgan fingerprint density at radius 1 is 1.60 bits per heavy atom. The molecular weight excluding hydrogens is 132 g/mol. The molecule has 1 radical (unpaired) electrons. The van der Waals surface area contributed by atoms with E-state index >= 15 is 0 Å². The molecule has 0 aromatic heterocycles. The molecule has 0 aliphatic carbocycles. The maximum absolute atomic E-state index is 10.7. The fraction of sp³-hybridized carbons (Fsp3) is 0.333. The summed E-state index contributed by atoms with van der Waals surface area (Å²) in [5.74, 6) is -0.477. The van der Waals surface area contributed by atoms with Crippen molar-refractivity contribution in [3.8, 4) is 0 Å². The second-order valence-electron chi connectivity index (χ2n) is 1.83. The maximum atomic E-state index is 10.7. The van der Waals surface area contributed by atoms with Crippen molar-refractivity contribution in [1.29, 1.82) is 0 Å². The van der Waals surface area contributed by atoms with Gasteiger partial charge in [-0.3, -0.25) is 9.69 Å². The number of hydrogen-bond donors (Lipinski definition) is 0. The molecule has 0 saturated heterocycles. The van der Waals surface area contributed by atoms with Gasteiger partial charge in [0.05, 0.1) is 0 Å². The SMILES string of the molecule is CCN1C=CC(=O)[N]C1=O. The van der Waals surface area contributed by atoms with E-state index in [9.17, 15) is 9.59 Å². The van der Waals surface area contributed by atoms with Gasteiger partial charge in [0.1, 0.15) is 0 Å². The molecule has 10 heavy (non-hydrogen) atoms. The molecule has 0 bridgehead atoms. The molecule has 0 aromatic rings. The molecule has 0 N–H and O–H groups in total. The van der Waals surface area contributed by atoms with Crippen molar-refractivity contribution in [2.75, 3.05) is 6.54 Å². The van der Waals surface area contributed by atoms with Gasteiger partial charge >= 0.3 is 6.03 Å². The molecule has 0 atom stereocenters. The van der Waals surface area contributed by atoms with Crippen LogP contribution in [-0.4, -0.2) is 23.4 Å². The van der Waals surface area contributed by atoms with Gasteiger partial charge in [-0.15, -0.1) is 0 Å². The van der Waals surface area contributed by atoms with E-state index in [0.717, 1.165) is 0 Å². The number of amides is 3. The minimum absolute atomic E-state index is 0.477. The lowest BCUT2D eigenvalue weighted by Crippen LogP contribution is -2.37. The number of carbonyl (C=O) groups excluding carboxylic acids is 2. The summed E-state index contributed by atoms with van der Waals surface area (Å²) in [6.45, 7) is 2.36. The average molecular weight is 139 g/mol.